The Labute approximate surface area is 89.2 Å². The molecule has 0 amide bonds. The Kier molecular flexibility index (Phi) is 4.47. The molecule has 0 fully saturated rings. The summed E-state index contributed by atoms with van der Waals surface area (Å²) in [7, 11) is 0. The molecule has 0 atom stereocenters. The van der Waals surface area contributed by atoms with Crippen LogP contribution in [0.2, 0.25) is 0 Å². The van der Waals surface area contributed by atoms with Crippen molar-refractivity contribution in [3.63, 3.8) is 0 Å². The smallest absolute Gasteiger partial charge is 0.261 e. The van der Waals surface area contributed by atoms with Gasteiger partial charge in [-0.2, -0.15) is 5.10 Å². The molecule has 0 saturated carbocycles. The highest BCUT2D eigenvalue weighted by Gasteiger charge is 2.07. The van der Waals surface area contributed by atoms with E-state index in [4.69, 9.17) is 4.74 Å². The lowest BCUT2D eigenvalue weighted by molar-refractivity contribution is 0.00852. The summed E-state index contributed by atoms with van der Waals surface area (Å²) in [6.07, 6.45) is -0.636. The lowest BCUT2D eigenvalue weighted by atomic mass is 10.5. The third kappa shape index (κ3) is 3.34. The van der Waals surface area contributed by atoms with Crippen LogP contribution in [0, 0.1) is 0 Å². The van der Waals surface area contributed by atoms with E-state index in [2.05, 4.69) is 21.0 Å². The Hall–Kier alpha value is -0.490. The lowest BCUT2D eigenvalue weighted by Gasteiger charge is -2.00. The Balaban J connectivity index is 2.45. The highest BCUT2D eigenvalue weighted by molar-refractivity contribution is 9.10. The van der Waals surface area contributed by atoms with Crippen molar-refractivity contribution in [3.05, 3.63) is 16.4 Å². The number of nitrogens with zero attached hydrogens (tertiary/aromatic N) is 2. The number of aromatic nitrogens is 2. The molecule has 1 rings (SSSR count). The second-order valence-corrected chi connectivity index (χ2v) is 3.54. The number of halogens is 3. The molecule has 0 spiro atoms. The Morgan fingerprint density at radius 3 is 2.86 bits per heavy atom. The molecule has 3 nitrogen and oxygen atoms in total. The van der Waals surface area contributed by atoms with Crippen LogP contribution < -0.4 is 0 Å². The van der Waals surface area contributed by atoms with Crippen LogP contribution in [0.25, 0.3) is 0 Å². The van der Waals surface area contributed by atoms with E-state index in [-0.39, 0.29) is 6.61 Å². The maximum Gasteiger partial charge on any atom is 0.261 e. The van der Waals surface area contributed by atoms with Crippen LogP contribution in [0.1, 0.15) is 12.6 Å². The summed E-state index contributed by atoms with van der Waals surface area (Å²) >= 11 is 3.27. The van der Waals surface area contributed by atoms with Crippen LogP contribution >= 0.6 is 15.9 Å². The summed E-state index contributed by atoms with van der Waals surface area (Å²) in [6, 6.07) is 0. The molecule has 0 unspecified atom stereocenters. The topological polar surface area (TPSA) is 27.1 Å². The fourth-order valence-corrected chi connectivity index (χ4v) is 1.37. The fraction of sp³-hybridized carbons (Fsp3) is 0.625. The van der Waals surface area contributed by atoms with E-state index in [9.17, 15) is 8.78 Å². The maximum atomic E-state index is 11.7. The Bertz CT molecular complexity index is 291. The average Bonchev–Trinajstić information content (AvgIpc) is 2.47. The molecule has 0 aliphatic heterocycles. The molecule has 1 heterocycles. The van der Waals surface area contributed by atoms with Crippen LogP contribution in [0.3, 0.4) is 0 Å². The molecule has 0 aliphatic carbocycles. The van der Waals surface area contributed by atoms with Gasteiger partial charge in [-0.25, -0.2) is 8.78 Å². The summed E-state index contributed by atoms with van der Waals surface area (Å²) in [5.74, 6) is 0. The molecule has 14 heavy (non-hydrogen) atoms. The number of alkyl halides is 2. The zero-order valence-electron chi connectivity index (χ0n) is 7.71. The van der Waals surface area contributed by atoms with Crippen molar-refractivity contribution in [1.82, 2.24) is 9.78 Å². The second kappa shape index (κ2) is 5.41. The van der Waals surface area contributed by atoms with Crippen molar-refractivity contribution < 1.29 is 13.5 Å². The van der Waals surface area contributed by atoms with Crippen LogP contribution in [0.5, 0.6) is 0 Å². The minimum atomic E-state index is -2.43. The van der Waals surface area contributed by atoms with Gasteiger partial charge in [-0.3, -0.25) is 4.68 Å². The summed E-state index contributed by atoms with van der Waals surface area (Å²) in [5, 5.41) is 4.13. The molecule has 80 valence electrons. The zero-order chi connectivity index (χ0) is 10.6. The van der Waals surface area contributed by atoms with Gasteiger partial charge in [0.1, 0.15) is 12.3 Å². The van der Waals surface area contributed by atoms with E-state index in [0.717, 1.165) is 11.0 Å². The van der Waals surface area contributed by atoms with Crippen molar-refractivity contribution >= 4 is 15.9 Å². The summed E-state index contributed by atoms with van der Waals surface area (Å²) in [5.41, 5.74) is 0.646. The Morgan fingerprint density at radius 2 is 2.36 bits per heavy atom. The van der Waals surface area contributed by atoms with Gasteiger partial charge in [0.25, 0.3) is 6.43 Å². The first-order chi connectivity index (χ1) is 6.63. The van der Waals surface area contributed by atoms with Crippen molar-refractivity contribution in [2.45, 2.75) is 26.5 Å². The van der Waals surface area contributed by atoms with Crippen molar-refractivity contribution in [2.75, 3.05) is 6.61 Å². The van der Waals surface area contributed by atoms with Crippen LogP contribution in [-0.2, 0) is 17.9 Å². The van der Waals surface area contributed by atoms with Crippen molar-refractivity contribution in [1.29, 1.82) is 0 Å². The van der Waals surface area contributed by atoms with Crippen LogP contribution in [0.15, 0.2) is 10.7 Å². The van der Waals surface area contributed by atoms with Gasteiger partial charge in [0.15, 0.2) is 0 Å². The number of ether oxygens (including phenoxy) is 1. The van der Waals surface area contributed by atoms with Crippen molar-refractivity contribution in [3.8, 4) is 0 Å². The third-order valence-corrected chi connectivity index (χ3v) is 2.26. The first kappa shape index (κ1) is 11.6. The van der Waals surface area contributed by atoms with E-state index >= 15 is 0 Å². The van der Waals surface area contributed by atoms with Crippen molar-refractivity contribution in [2.24, 2.45) is 0 Å². The molecular weight excluding hydrogens is 258 g/mol. The average molecular weight is 269 g/mol. The van der Waals surface area contributed by atoms with Gasteiger partial charge in [-0.15, -0.1) is 0 Å². The van der Waals surface area contributed by atoms with Gasteiger partial charge in [0.05, 0.1) is 11.1 Å². The fourth-order valence-electron chi connectivity index (χ4n) is 0.942. The predicted molar refractivity (Wildman–Crippen MR) is 51.3 cm³/mol. The molecule has 0 bridgehead atoms. The molecule has 0 N–H and O–H groups in total. The first-order valence-electron chi connectivity index (χ1n) is 4.21. The molecule has 0 radical (unpaired) electrons. The van der Waals surface area contributed by atoms with Crippen LogP contribution in [0.4, 0.5) is 8.78 Å². The normalized spacial score (nSPS) is 11.2. The molecule has 0 aliphatic rings. The monoisotopic (exact) mass is 268 g/mol. The van der Waals surface area contributed by atoms with Gasteiger partial charge in [0.2, 0.25) is 0 Å². The van der Waals surface area contributed by atoms with E-state index < -0.39 is 13.0 Å². The first-order valence-corrected chi connectivity index (χ1v) is 5.00. The quantitative estimate of drug-likeness (QED) is 0.821. The summed E-state index contributed by atoms with van der Waals surface area (Å²) < 4.78 is 30.8. The van der Waals surface area contributed by atoms with Gasteiger partial charge < -0.3 is 4.74 Å². The lowest BCUT2D eigenvalue weighted by Crippen LogP contribution is -2.05. The number of hydrogen-bond acceptors (Lipinski definition) is 2. The molecule has 1 aromatic rings. The zero-order valence-corrected chi connectivity index (χ0v) is 9.30. The third-order valence-electron chi connectivity index (χ3n) is 1.59. The highest BCUT2D eigenvalue weighted by atomic mass is 79.9. The summed E-state index contributed by atoms with van der Waals surface area (Å²) in [4.78, 5) is 0. The van der Waals surface area contributed by atoms with E-state index in [1.807, 2.05) is 6.92 Å². The largest absolute Gasteiger partial charge is 0.369 e. The number of rotatable bonds is 5. The highest BCUT2D eigenvalue weighted by Crippen LogP contribution is 2.15. The standard InChI is InChI=1S/C8H11BrF2N2O/c1-2-13-3-6(9)7(12-13)4-14-5-8(10)11/h3,8H,2,4-5H2,1H3. The SMILES string of the molecule is CCn1cc(Br)c(COCC(F)F)n1. The summed E-state index contributed by atoms with van der Waals surface area (Å²) in [6.45, 7) is 2.25. The van der Waals surface area contributed by atoms with E-state index in [1.165, 1.54) is 0 Å². The van der Waals surface area contributed by atoms with Gasteiger partial charge in [-0.1, -0.05) is 0 Å². The minimum Gasteiger partial charge on any atom is -0.369 e. The molecule has 1 aromatic heterocycles. The van der Waals surface area contributed by atoms with Gasteiger partial charge >= 0.3 is 0 Å². The van der Waals surface area contributed by atoms with E-state index in [1.54, 1.807) is 10.9 Å². The van der Waals surface area contributed by atoms with E-state index in [0.29, 0.717) is 5.69 Å². The second-order valence-electron chi connectivity index (χ2n) is 2.69. The molecule has 6 heteroatoms. The Morgan fingerprint density at radius 1 is 1.64 bits per heavy atom. The van der Waals surface area contributed by atoms with Crippen LogP contribution in [-0.4, -0.2) is 22.8 Å². The molecular formula is C8H11BrF2N2O. The van der Waals surface area contributed by atoms with Gasteiger partial charge in [0, 0.05) is 12.7 Å². The molecule has 0 aromatic carbocycles. The molecule has 0 saturated heterocycles. The maximum absolute atomic E-state index is 11.7. The number of aryl methyl sites for hydroxylation is 1. The minimum absolute atomic E-state index is 0.109. The van der Waals surface area contributed by atoms with Gasteiger partial charge in [-0.05, 0) is 22.9 Å². The number of hydrogen-bond donors (Lipinski definition) is 0. The predicted octanol–water partition coefficient (Wildman–Crippen LogP) is 2.45.